The molecule has 4 N–H and O–H groups in total. The van der Waals surface area contributed by atoms with Gasteiger partial charge in [0.25, 0.3) is 0 Å². The molecule has 3 aromatic rings. The van der Waals surface area contributed by atoms with Gasteiger partial charge in [-0.3, -0.25) is 14.7 Å². The fourth-order valence-corrected chi connectivity index (χ4v) is 7.86. The maximum absolute atomic E-state index is 14.1. The van der Waals surface area contributed by atoms with E-state index in [0.717, 1.165) is 36.1 Å². The molecule has 0 aliphatic heterocycles. The van der Waals surface area contributed by atoms with Crippen molar-refractivity contribution in [1.82, 2.24) is 19.5 Å². The third-order valence-electron chi connectivity index (χ3n) is 9.23. The van der Waals surface area contributed by atoms with Crippen LogP contribution in [0.25, 0.3) is 0 Å². The van der Waals surface area contributed by atoms with Crippen LogP contribution in [0.1, 0.15) is 62.8 Å². The molecule has 49 heavy (non-hydrogen) atoms. The van der Waals surface area contributed by atoms with Crippen LogP contribution >= 0.6 is 0 Å². The van der Waals surface area contributed by atoms with Gasteiger partial charge in [-0.1, -0.05) is 86.8 Å². The Labute approximate surface area is 288 Å². The molecular formula is C36H47N5O7S. The number of nitrogens with one attached hydrogen (secondary N) is 1. The average molecular weight is 694 g/mol. The number of aliphatic hydroxyl groups is 1. The van der Waals surface area contributed by atoms with Gasteiger partial charge in [-0.2, -0.15) is 4.31 Å². The number of aliphatic hydroxyl groups excluding tert-OH is 1. The monoisotopic (exact) mass is 693 g/mol. The number of hydrogen-bond donors (Lipinski definition) is 4. The zero-order chi connectivity index (χ0) is 35.4. The SMILES string of the molecule is CC[C@H](C)[C@@H](C(=O)N[C@@H](Cc1ccccc1)[C@@H](O)CN(CC1CCCC1)S(=O)(=O)c1ccc(C=NO)cc1)N(Cc1ccccn1)C(=O)O. The van der Waals surface area contributed by atoms with E-state index in [0.29, 0.717) is 17.7 Å². The molecular weight excluding hydrogens is 646 g/mol. The number of carboxylic acid groups (broad SMARTS) is 1. The maximum Gasteiger partial charge on any atom is 0.408 e. The molecule has 0 bridgehead atoms. The van der Waals surface area contributed by atoms with E-state index < -0.39 is 40.2 Å². The molecule has 1 heterocycles. The van der Waals surface area contributed by atoms with Crippen LogP contribution in [0, 0.1) is 11.8 Å². The second kappa shape index (κ2) is 17.9. The fraction of sp³-hybridized carbons (Fsp3) is 0.444. The summed E-state index contributed by atoms with van der Waals surface area (Å²) in [5.74, 6) is -0.845. The lowest BCUT2D eigenvalue weighted by Crippen LogP contribution is -2.58. The quantitative estimate of drug-likeness (QED) is 0.0891. The highest BCUT2D eigenvalue weighted by Crippen LogP contribution is 2.28. The first-order valence-electron chi connectivity index (χ1n) is 16.7. The maximum atomic E-state index is 14.1. The molecule has 0 saturated heterocycles. The van der Waals surface area contributed by atoms with Crippen molar-refractivity contribution in [2.75, 3.05) is 13.1 Å². The van der Waals surface area contributed by atoms with Crippen LogP contribution in [0.5, 0.6) is 0 Å². The van der Waals surface area contributed by atoms with Gasteiger partial charge in [0.1, 0.15) is 6.04 Å². The minimum atomic E-state index is -4.08. The van der Waals surface area contributed by atoms with Crippen molar-refractivity contribution in [1.29, 1.82) is 0 Å². The fourth-order valence-electron chi connectivity index (χ4n) is 6.33. The van der Waals surface area contributed by atoms with Gasteiger partial charge in [0.15, 0.2) is 0 Å². The minimum absolute atomic E-state index is 0.0277. The van der Waals surface area contributed by atoms with E-state index in [1.807, 2.05) is 37.3 Å². The van der Waals surface area contributed by atoms with Gasteiger partial charge in [0, 0.05) is 19.3 Å². The topological polar surface area (TPSA) is 173 Å². The molecule has 1 saturated carbocycles. The molecule has 2 amide bonds. The summed E-state index contributed by atoms with van der Waals surface area (Å²) in [6.45, 7) is 3.48. The van der Waals surface area contributed by atoms with Crippen LogP contribution in [-0.4, -0.2) is 87.5 Å². The van der Waals surface area contributed by atoms with Crippen molar-refractivity contribution in [2.45, 2.75) is 82.0 Å². The molecule has 1 aliphatic carbocycles. The van der Waals surface area contributed by atoms with Crippen LogP contribution in [0.3, 0.4) is 0 Å². The Kier molecular flexibility index (Phi) is 13.7. The lowest BCUT2D eigenvalue weighted by Gasteiger charge is -2.35. The first kappa shape index (κ1) is 37.5. The van der Waals surface area contributed by atoms with Crippen molar-refractivity contribution >= 4 is 28.2 Å². The molecule has 0 unspecified atom stereocenters. The zero-order valence-corrected chi connectivity index (χ0v) is 28.8. The third-order valence-corrected chi connectivity index (χ3v) is 11.1. The number of aromatic nitrogens is 1. The summed E-state index contributed by atoms with van der Waals surface area (Å²) in [5.41, 5.74) is 1.81. The summed E-state index contributed by atoms with van der Waals surface area (Å²) in [6.07, 6.45) is 4.56. The number of carbonyl (C=O) groups excluding carboxylic acids is 1. The molecule has 264 valence electrons. The number of nitrogens with zero attached hydrogens (tertiary/aromatic N) is 4. The van der Waals surface area contributed by atoms with E-state index in [2.05, 4.69) is 15.5 Å². The summed E-state index contributed by atoms with van der Waals surface area (Å²) in [7, 11) is -4.08. The molecule has 0 spiro atoms. The molecule has 4 atom stereocenters. The zero-order valence-electron chi connectivity index (χ0n) is 28.0. The number of sulfonamides is 1. The highest BCUT2D eigenvalue weighted by atomic mass is 32.2. The number of rotatable bonds is 17. The summed E-state index contributed by atoms with van der Waals surface area (Å²) in [4.78, 5) is 32.1. The van der Waals surface area contributed by atoms with Gasteiger partial charge in [-0.25, -0.2) is 13.2 Å². The van der Waals surface area contributed by atoms with Gasteiger partial charge < -0.3 is 20.7 Å². The van der Waals surface area contributed by atoms with Crippen LogP contribution in [-0.2, 0) is 27.8 Å². The summed E-state index contributed by atoms with van der Waals surface area (Å²) >= 11 is 0. The first-order chi connectivity index (χ1) is 23.5. The van der Waals surface area contributed by atoms with Crippen LogP contribution in [0.15, 0.2) is 89.0 Å². The second-order valence-electron chi connectivity index (χ2n) is 12.7. The predicted molar refractivity (Wildman–Crippen MR) is 186 cm³/mol. The molecule has 1 fully saturated rings. The predicted octanol–water partition coefficient (Wildman–Crippen LogP) is 4.75. The molecule has 13 heteroatoms. The van der Waals surface area contributed by atoms with Gasteiger partial charge in [0.2, 0.25) is 15.9 Å². The highest BCUT2D eigenvalue weighted by molar-refractivity contribution is 7.89. The molecule has 1 aliphatic rings. The number of amides is 2. The number of hydrogen-bond acceptors (Lipinski definition) is 8. The van der Waals surface area contributed by atoms with Crippen molar-refractivity contribution in [3.8, 4) is 0 Å². The Morgan fingerprint density at radius 2 is 1.71 bits per heavy atom. The van der Waals surface area contributed by atoms with Crippen molar-refractivity contribution in [3.05, 3.63) is 95.8 Å². The smallest absolute Gasteiger partial charge is 0.408 e. The number of oxime groups is 1. The van der Waals surface area contributed by atoms with E-state index in [1.165, 1.54) is 34.8 Å². The van der Waals surface area contributed by atoms with E-state index in [4.69, 9.17) is 5.21 Å². The van der Waals surface area contributed by atoms with Gasteiger partial charge in [-0.05, 0) is 66.5 Å². The van der Waals surface area contributed by atoms with Crippen LogP contribution in [0.2, 0.25) is 0 Å². The summed E-state index contributed by atoms with van der Waals surface area (Å²) < 4.78 is 29.4. The van der Waals surface area contributed by atoms with Gasteiger partial charge >= 0.3 is 6.09 Å². The van der Waals surface area contributed by atoms with Crippen LogP contribution < -0.4 is 5.32 Å². The lowest BCUT2D eigenvalue weighted by atomic mass is 9.94. The summed E-state index contributed by atoms with van der Waals surface area (Å²) in [5, 5.41) is 36.9. The minimum Gasteiger partial charge on any atom is -0.465 e. The number of benzene rings is 2. The van der Waals surface area contributed by atoms with E-state index >= 15 is 0 Å². The first-order valence-corrected chi connectivity index (χ1v) is 18.2. The van der Waals surface area contributed by atoms with Crippen LogP contribution in [0.4, 0.5) is 4.79 Å². The Hall–Kier alpha value is -4.33. The molecule has 2 aromatic carbocycles. The molecule has 12 nitrogen and oxygen atoms in total. The van der Waals surface area contributed by atoms with Crippen molar-refractivity contribution in [3.63, 3.8) is 0 Å². The molecule has 4 rings (SSSR count). The lowest BCUT2D eigenvalue weighted by molar-refractivity contribution is -0.129. The van der Waals surface area contributed by atoms with E-state index in [1.54, 1.807) is 31.3 Å². The Morgan fingerprint density at radius 1 is 1.04 bits per heavy atom. The standard InChI is InChI=1S/C36H47N5O7S/c1-3-26(2)34(41(36(44)45)24-30-15-9-10-20-37-30)35(43)39-32(21-27-11-5-4-6-12-27)33(42)25-40(23-29-13-7-8-14-29)49(47,48)31-18-16-28(17-19-31)22-38-46/h4-6,9-12,15-20,22,26,29,32-34,42,46H,3,7-8,13-14,21,23-25H2,1-2H3,(H,39,43)(H,44,45)/t26-,32-,33-,34-/m0/s1. The third kappa shape index (κ3) is 10.3. The number of pyridine rings is 1. The van der Waals surface area contributed by atoms with E-state index in [9.17, 15) is 28.2 Å². The Bertz CT molecular complexity index is 1620. The average Bonchev–Trinajstić information content (AvgIpc) is 3.62. The highest BCUT2D eigenvalue weighted by Gasteiger charge is 2.38. The largest absolute Gasteiger partial charge is 0.465 e. The second-order valence-corrected chi connectivity index (χ2v) is 14.7. The van der Waals surface area contributed by atoms with Crippen molar-refractivity contribution in [2.24, 2.45) is 17.0 Å². The summed E-state index contributed by atoms with van der Waals surface area (Å²) in [6, 6.07) is 18.3. The van der Waals surface area contributed by atoms with E-state index in [-0.39, 0.29) is 42.8 Å². The van der Waals surface area contributed by atoms with Crippen molar-refractivity contribution < 1.29 is 33.4 Å². The Morgan fingerprint density at radius 3 is 2.31 bits per heavy atom. The molecule has 1 aromatic heterocycles. The Balaban J connectivity index is 1.65. The molecule has 0 radical (unpaired) electrons. The van der Waals surface area contributed by atoms with Gasteiger partial charge in [-0.15, -0.1) is 0 Å². The van der Waals surface area contributed by atoms with Gasteiger partial charge in [0.05, 0.1) is 35.5 Å². The number of carbonyl (C=O) groups is 2. The normalized spacial score (nSPS) is 16.3.